The summed E-state index contributed by atoms with van der Waals surface area (Å²) >= 11 is 0. The Labute approximate surface area is 268 Å². The lowest BCUT2D eigenvalue weighted by atomic mass is 9.95. The molecule has 0 amide bonds. The molecular formula is C44H24O3. The Bertz CT molecular complexity index is 3020. The number of carbonyl (C=O) groups excluding carboxylic acids is 2. The van der Waals surface area contributed by atoms with Gasteiger partial charge in [-0.2, -0.15) is 0 Å². The minimum atomic E-state index is -0.479. The standard InChI is InChI=1S/C44H24O3/c45-43-23-37-17-31-12-27-7-9-39(20-35(27)16-33(31)18-38(37)24-44(43)46)47-40-10-8-28-13-36-22-42-30(14-32(36)15-34(28)19-40)6-5-29-11-25-3-1-2-4-26(25)21-41(29)42/h1-24H. The van der Waals surface area contributed by atoms with Crippen molar-refractivity contribution in [1.29, 1.82) is 0 Å². The van der Waals surface area contributed by atoms with Crippen molar-refractivity contribution < 1.29 is 14.3 Å². The molecule has 0 atom stereocenters. The zero-order chi connectivity index (χ0) is 31.2. The molecular weight excluding hydrogens is 576 g/mol. The van der Waals surface area contributed by atoms with Crippen molar-refractivity contribution in [2.75, 3.05) is 0 Å². The summed E-state index contributed by atoms with van der Waals surface area (Å²) in [5, 5.41) is 17.9. The number of rotatable bonds is 2. The summed E-state index contributed by atoms with van der Waals surface area (Å²) in [5.41, 5.74) is 0. The van der Waals surface area contributed by atoms with Crippen LogP contribution in [0.15, 0.2) is 133 Å². The Morgan fingerprint density at radius 2 is 0.681 bits per heavy atom. The second kappa shape index (κ2) is 9.59. The Morgan fingerprint density at radius 1 is 0.319 bits per heavy atom. The predicted molar refractivity (Wildman–Crippen MR) is 194 cm³/mol. The molecule has 1 aliphatic rings. The molecule has 0 fully saturated rings. The Kier molecular flexibility index (Phi) is 5.30. The van der Waals surface area contributed by atoms with Crippen LogP contribution in [-0.2, 0) is 9.59 Å². The van der Waals surface area contributed by atoms with Gasteiger partial charge >= 0.3 is 0 Å². The van der Waals surface area contributed by atoms with Crippen LogP contribution in [0, 0.1) is 0 Å². The zero-order valence-electron chi connectivity index (χ0n) is 25.1. The molecule has 218 valence electrons. The number of fused-ring (bicyclic) bond motifs is 9. The van der Waals surface area contributed by atoms with Crippen LogP contribution in [0.25, 0.3) is 87.6 Å². The first kappa shape index (κ1) is 26.0. The second-order valence-electron chi connectivity index (χ2n) is 12.6. The number of benzene rings is 9. The van der Waals surface area contributed by atoms with Gasteiger partial charge in [0.15, 0.2) is 0 Å². The molecule has 0 saturated heterocycles. The van der Waals surface area contributed by atoms with E-state index in [1.807, 2.05) is 30.3 Å². The van der Waals surface area contributed by atoms with Gasteiger partial charge in [0.25, 0.3) is 0 Å². The third-order valence-corrected chi connectivity index (χ3v) is 9.61. The van der Waals surface area contributed by atoms with Crippen molar-refractivity contribution in [3.05, 3.63) is 144 Å². The molecule has 0 bridgehead atoms. The van der Waals surface area contributed by atoms with Crippen molar-refractivity contribution in [2.24, 2.45) is 0 Å². The van der Waals surface area contributed by atoms with Crippen molar-refractivity contribution in [3.8, 4) is 11.5 Å². The lowest BCUT2D eigenvalue weighted by Crippen LogP contribution is -2.33. The maximum Gasteiger partial charge on any atom is 0.226 e. The third kappa shape index (κ3) is 4.21. The molecule has 3 nitrogen and oxygen atoms in total. The van der Waals surface area contributed by atoms with E-state index in [0.717, 1.165) is 54.3 Å². The van der Waals surface area contributed by atoms with Gasteiger partial charge in [0.1, 0.15) is 11.5 Å². The first-order valence-corrected chi connectivity index (χ1v) is 15.7. The molecule has 3 heteroatoms. The van der Waals surface area contributed by atoms with Gasteiger partial charge in [-0.05, 0) is 183 Å². The Hall–Kier alpha value is -6.32. The fourth-order valence-corrected chi connectivity index (χ4v) is 7.23. The largest absolute Gasteiger partial charge is 0.457 e. The highest BCUT2D eigenvalue weighted by atomic mass is 16.5. The van der Waals surface area contributed by atoms with Gasteiger partial charge in [0.05, 0.1) is 0 Å². The van der Waals surface area contributed by atoms with E-state index in [2.05, 4.69) is 103 Å². The number of ketones is 2. The molecule has 0 spiro atoms. The molecule has 0 saturated carbocycles. The fraction of sp³-hybridized carbons (Fsp3) is 0. The van der Waals surface area contributed by atoms with E-state index in [1.165, 1.54) is 55.2 Å². The summed E-state index contributed by atoms with van der Waals surface area (Å²) in [6.45, 7) is 0. The first-order valence-electron chi connectivity index (χ1n) is 15.7. The molecule has 9 aromatic carbocycles. The highest BCUT2D eigenvalue weighted by Gasteiger charge is 2.13. The van der Waals surface area contributed by atoms with E-state index in [-0.39, 0.29) is 0 Å². The van der Waals surface area contributed by atoms with E-state index in [9.17, 15) is 9.59 Å². The van der Waals surface area contributed by atoms with Gasteiger partial charge in [-0.15, -0.1) is 0 Å². The molecule has 0 unspecified atom stereocenters. The summed E-state index contributed by atoms with van der Waals surface area (Å²) in [4.78, 5) is 23.8. The maximum absolute atomic E-state index is 11.9. The minimum Gasteiger partial charge on any atom is -0.457 e. The van der Waals surface area contributed by atoms with Crippen molar-refractivity contribution >= 4 is 99.1 Å². The highest BCUT2D eigenvalue weighted by Crippen LogP contribution is 2.35. The van der Waals surface area contributed by atoms with E-state index in [4.69, 9.17) is 4.74 Å². The van der Waals surface area contributed by atoms with Crippen LogP contribution in [0.5, 0.6) is 11.5 Å². The fourth-order valence-electron chi connectivity index (χ4n) is 7.23. The molecule has 9 aromatic rings. The first-order chi connectivity index (χ1) is 23.0. The van der Waals surface area contributed by atoms with Gasteiger partial charge in [0, 0.05) is 0 Å². The van der Waals surface area contributed by atoms with Crippen molar-refractivity contribution in [3.63, 3.8) is 0 Å². The number of ether oxygens (including phenoxy) is 1. The van der Waals surface area contributed by atoms with Crippen LogP contribution in [0.4, 0.5) is 0 Å². The topological polar surface area (TPSA) is 43.4 Å². The summed E-state index contributed by atoms with van der Waals surface area (Å²) in [6, 6.07) is 47.2. The molecule has 10 rings (SSSR count). The van der Waals surface area contributed by atoms with Gasteiger partial charge in [-0.3, -0.25) is 9.59 Å². The molecule has 1 aliphatic carbocycles. The van der Waals surface area contributed by atoms with Gasteiger partial charge in [-0.1, -0.05) is 48.5 Å². The normalized spacial score (nSPS) is 13.1. The third-order valence-electron chi connectivity index (χ3n) is 9.61. The van der Waals surface area contributed by atoms with Crippen LogP contribution >= 0.6 is 0 Å². The summed E-state index contributed by atoms with van der Waals surface area (Å²) in [6.07, 6.45) is 2.85. The number of hydrogen-bond donors (Lipinski definition) is 0. The molecule has 0 aliphatic heterocycles. The molecule has 0 radical (unpaired) electrons. The quantitative estimate of drug-likeness (QED) is 0.113. The van der Waals surface area contributed by atoms with Crippen molar-refractivity contribution in [2.45, 2.75) is 0 Å². The predicted octanol–water partition coefficient (Wildman–Crippen LogP) is 9.26. The maximum atomic E-state index is 11.9. The molecule has 47 heavy (non-hydrogen) atoms. The van der Waals surface area contributed by atoms with Crippen LogP contribution < -0.4 is 15.2 Å². The van der Waals surface area contributed by atoms with Crippen LogP contribution in [0.1, 0.15) is 0 Å². The van der Waals surface area contributed by atoms with Gasteiger partial charge in [0.2, 0.25) is 11.6 Å². The summed E-state index contributed by atoms with van der Waals surface area (Å²) in [7, 11) is 0. The Balaban J connectivity index is 1.03. The highest BCUT2D eigenvalue weighted by molar-refractivity contribution is 6.57. The van der Waals surface area contributed by atoms with Crippen LogP contribution in [0.3, 0.4) is 0 Å². The Morgan fingerprint density at radius 3 is 1.26 bits per heavy atom. The van der Waals surface area contributed by atoms with Gasteiger partial charge in [-0.25, -0.2) is 0 Å². The number of Topliss-reactive ketones (excluding diaryl/α,β-unsaturated/α-hetero) is 2. The summed E-state index contributed by atoms with van der Waals surface area (Å²) in [5.74, 6) is 0.573. The zero-order valence-corrected chi connectivity index (χ0v) is 25.1. The lowest BCUT2D eigenvalue weighted by molar-refractivity contribution is -0.129. The molecule has 0 N–H and O–H groups in total. The minimum absolute atomic E-state index is 0.475. The molecule has 0 aromatic heterocycles. The second-order valence-corrected chi connectivity index (χ2v) is 12.6. The van der Waals surface area contributed by atoms with Crippen LogP contribution in [0.2, 0.25) is 0 Å². The smallest absolute Gasteiger partial charge is 0.226 e. The van der Waals surface area contributed by atoms with E-state index >= 15 is 0 Å². The van der Waals surface area contributed by atoms with Crippen molar-refractivity contribution in [1.82, 2.24) is 0 Å². The monoisotopic (exact) mass is 600 g/mol. The SMILES string of the molecule is O=C1C=c2cc3cc4ccc(Oc5ccc6cc7cc8c(ccc9cc%10ccccc%10cc98)cc7cc6c5)cc4cc3cc2=CC1=O. The number of carbonyl (C=O) groups is 2. The lowest BCUT2D eigenvalue weighted by Gasteiger charge is -2.11. The van der Waals surface area contributed by atoms with E-state index in [0.29, 0.717) is 0 Å². The van der Waals surface area contributed by atoms with Gasteiger partial charge < -0.3 is 4.74 Å². The number of hydrogen-bond acceptors (Lipinski definition) is 3. The molecule has 0 heterocycles. The summed E-state index contributed by atoms with van der Waals surface area (Å²) < 4.78 is 6.40. The van der Waals surface area contributed by atoms with E-state index in [1.54, 1.807) is 0 Å². The van der Waals surface area contributed by atoms with Crippen LogP contribution in [-0.4, -0.2) is 11.6 Å². The van der Waals surface area contributed by atoms with E-state index < -0.39 is 11.6 Å². The average molecular weight is 601 g/mol. The average Bonchev–Trinajstić information content (AvgIpc) is 3.08.